The van der Waals surface area contributed by atoms with E-state index in [9.17, 15) is 9.18 Å². The van der Waals surface area contributed by atoms with Gasteiger partial charge in [-0.1, -0.05) is 23.4 Å². The molecule has 0 aliphatic heterocycles. The first-order valence-electron chi connectivity index (χ1n) is 7.87. The maximum Gasteiger partial charge on any atom is 0.277 e. The number of nitrogens with one attached hydrogen (secondary N) is 1. The number of carbonyl (C=O) groups is 1. The molecule has 0 saturated carbocycles. The zero-order valence-electron chi connectivity index (χ0n) is 14.4. The van der Waals surface area contributed by atoms with Gasteiger partial charge in [0.15, 0.2) is 0 Å². The molecule has 6 nitrogen and oxygen atoms in total. The molecule has 0 fully saturated rings. The lowest BCUT2D eigenvalue weighted by molar-refractivity contribution is -0.115. The third-order valence-corrected chi connectivity index (χ3v) is 4.80. The molecule has 0 saturated heterocycles. The Labute approximate surface area is 164 Å². The topological polar surface area (TPSA) is 77.2 Å². The fourth-order valence-corrected chi connectivity index (χ4v) is 2.99. The number of ether oxygens (including phenoxy) is 1. The standard InChI is InChI=1S/C18H15ClFN3O3S/c1-10(16(24)21-12-5-8-15(20)14(19)9-12)27-18-23-22-17(26-18)11-3-6-13(25-2)7-4-11/h3-10H,1-2H3,(H,21,24)/t10-/m1/s1. The van der Waals surface area contributed by atoms with Gasteiger partial charge in [0, 0.05) is 11.3 Å². The molecular formula is C18H15ClFN3O3S. The minimum Gasteiger partial charge on any atom is -0.497 e. The largest absolute Gasteiger partial charge is 0.497 e. The van der Waals surface area contributed by atoms with Gasteiger partial charge in [-0.25, -0.2) is 4.39 Å². The summed E-state index contributed by atoms with van der Waals surface area (Å²) in [4.78, 5) is 12.3. The summed E-state index contributed by atoms with van der Waals surface area (Å²) in [5.41, 5.74) is 1.15. The molecule has 1 N–H and O–H groups in total. The smallest absolute Gasteiger partial charge is 0.277 e. The zero-order chi connectivity index (χ0) is 19.4. The highest BCUT2D eigenvalue weighted by Gasteiger charge is 2.19. The first-order chi connectivity index (χ1) is 13.0. The Morgan fingerprint density at radius 1 is 1.26 bits per heavy atom. The van der Waals surface area contributed by atoms with Gasteiger partial charge in [-0.15, -0.1) is 10.2 Å². The van der Waals surface area contributed by atoms with Gasteiger partial charge < -0.3 is 14.5 Å². The summed E-state index contributed by atoms with van der Waals surface area (Å²) in [6.07, 6.45) is 0. The Kier molecular flexibility index (Phi) is 5.98. The molecular weight excluding hydrogens is 393 g/mol. The summed E-state index contributed by atoms with van der Waals surface area (Å²) >= 11 is 6.83. The van der Waals surface area contributed by atoms with E-state index in [4.69, 9.17) is 20.8 Å². The summed E-state index contributed by atoms with van der Waals surface area (Å²) in [5, 5.41) is 10.3. The lowest BCUT2D eigenvalue weighted by Crippen LogP contribution is -2.22. The monoisotopic (exact) mass is 407 g/mol. The molecule has 1 heterocycles. The Hall–Kier alpha value is -2.58. The average Bonchev–Trinajstić information content (AvgIpc) is 3.13. The van der Waals surface area contributed by atoms with Crippen LogP contribution in [-0.2, 0) is 4.79 Å². The van der Waals surface area contributed by atoms with Gasteiger partial charge >= 0.3 is 0 Å². The first-order valence-corrected chi connectivity index (χ1v) is 9.12. The predicted molar refractivity (Wildman–Crippen MR) is 102 cm³/mol. The third kappa shape index (κ3) is 4.78. The molecule has 9 heteroatoms. The van der Waals surface area contributed by atoms with E-state index in [0.717, 1.165) is 23.1 Å². The average molecular weight is 408 g/mol. The van der Waals surface area contributed by atoms with E-state index >= 15 is 0 Å². The number of halogens is 2. The maximum absolute atomic E-state index is 13.2. The highest BCUT2D eigenvalue weighted by atomic mass is 35.5. The molecule has 1 aromatic heterocycles. The molecule has 3 rings (SSSR count). The number of amides is 1. The Morgan fingerprint density at radius 3 is 2.67 bits per heavy atom. The number of rotatable bonds is 6. The van der Waals surface area contributed by atoms with Gasteiger partial charge in [0.1, 0.15) is 11.6 Å². The van der Waals surface area contributed by atoms with Gasteiger partial charge in [-0.05, 0) is 49.4 Å². The van der Waals surface area contributed by atoms with Crippen molar-refractivity contribution in [2.45, 2.75) is 17.4 Å². The number of hydrogen-bond acceptors (Lipinski definition) is 6. The van der Waals surface area contributed by atoms with Crippen molar-refractivity contribution in [3.8, 4) is 17.2 Å². The zero-order valence-corrected chi connectivity index (χ0v) is 16.0. The van der Waals surface area contributed by atoms with Crippen LogP contribution in [0.25, 0.3) is 11.5 Å². The third-order valence-electron chi connectivity index (χ3n) is 3.58. The van der Waals surface area contributed by atoms with E-state index in [1.807, 2.05) is 0 Å². The molecule has 3 aromatic rings. The van der Waals surface area contributed by atoms with Crippen molar-refractivity contribution in [2.24, 2.45) is 0 Å². The van der Waals surface area contributed by atoms with Crippen LogP contribution in [0.3, 0.4) is 0 Å². The first kappa shape index (κ1) is 19.2. The molecule has 140 valence electrons. The van der Waals surface area contributed by atoms with Crippen molar-refractivity contribution in [3.05, 3.63) is 53.3 Å². The number of hydrogen-bond donors (Lipinski definition) is 1. The number of methoxy groups -OCH3 is 1. The van der Waals surface area contributed by atoms with Gasteiger partial charge in [0.05, 0.1) is 17.4 Å². The van der Waals surface area contributed by atoms with Crippen LogP contribution >= 0.6 is 23.4 Å². The summed E-state index contributed by atoms with van der Waals surface area (Å²) in [6.45, 7) is 1.70. The highest BCUT2D eigenvalue weighted by Crippen LogP contribution is 2.28. The van der Waals surface area contributed by atoms with Crippen molar-refractivity contribution >= 4 is 35.0 Å². The van der Waals surface area contributed by atoms with Crippen molar-refractivity contribution in [3.63, 3.8) is 0 Å². The van der Waals surface area contributed by atoms with Crippen LogP contribution in [0, 0.1) is 5.82 Å². The second-order valence-corrected chi connectivity index (χ2v) is 7.18. The number of anilines is 1. The Balaban J connectivity index is 1.63. The lowest BCUT2D eigenvalue weighted by Gasteiger charge is -2.10. The molecule has 0 spiro atoms. The molecule has 1 amide bonds. The summed E-state index contributed by atoms with van der Waals surface area (Å²) in [5.74, 6) is 0.220. The van der Waals surface area contributed by atoms with Crippen LogP contribution in [0.4, 0.5) is 10.1 Å². The van der Waals surface area contributed by atoms with E-state index in [-0.39, 0.29) is 16.2 Å². The minimum absolute atomic E-state index is 0.0610. The molecule has 0 aliphatic rings. The summed E-state index contributed by atoms with van der Waals surface area (Å²) in [6, 6.07) is 11.2. The fraction of sp³-hybridized carbons (Fsp3) is 0.167. The summed E-state index contributed by atoms with van der Waals surface area (Å²) in [7, 11) is 1.59. The van der Waals surface area contributed by atoms with Crippen LogP contribution in [0.15, 0.2) is 52.1 Å². The molecule has 0 aliphatic carbocycles. The number of aromatic nitrogens is 2. The van der Waals surface area contributed by atoms with Crippen molar-refractivity contribution in [1.82, 2.24) is 10.2 Å². The Morgan fingerprint density at radius 2 is 2.00 bits per heavy atom. The highest BCUT2D eigenvalue weighted by molar-refractivity contribution is 8.00. The van der Waals surface area contributed by atoms with E-state index < -0.39 is 11.1 Å². The minimum atomic E-state index is -0.547. The molecule has 27 heavy (non-hydrogen) atoms. The second kappa shape index (κ2) is 8.41. The van der Waals surface area contributed by atoms with E-state index in [2.05, 4.69) is 15.5 Å². The molecule has 0 unspecified atom stereocenters. The van der Waals surface area contributed by atoms with Crippen LogP contribution in [0.5, 0.6) is 5.75 Å². The normalized spacial score (nSPS) is 11.9. The van der Waals surface area contributed by atoms with Gasteiger partial charge in [0.25, 0.3) is 5.22 Å². The van der Waals surface area contributed by atoms with Crippen LogP contribution < -0.4 is 10.1 Å². The summed E-state index contributed by atoms with van der Waals surface area (Å²) < 4.78 is 23.9. The van der Waals surface area contributed by atoms with E-state index in [1.165, 1.54) is 18.2 Å². The van der Waals surface area contributed by atoms with Crippen molar-refractivity contribution in [1.29, 1.82) is 0 Å². The van der Waals surface area contributed by atoms with Crippen molar-refractivity contribution < 1.29 is 18.3 Å². The number of carbonyl (C=O) groups excluding carboxylic acids is 1. The maximum atomic E-state index is 13.2. The SMILES string of the molecule is COc1ccc(-c2nnc(S[C@H](C)C(=O)Nc3ccc(F)c(Cl)c3)o2)cc1. The number of benzene rings is 2. The number of nitrogens with zero attached hydrogens (tertiary/aromatic N) is 2. The van der Waals surface area contributed by atoms with Gasteiger partial charge in [-0.2, -0.15) is 0 Å². The Bertz CT molecular complexity index is 949. The van der Waals surface area contributed by atoms with Crippen LogP contribution in [-0.4, -0.2) is 28.5 Å². The predicted octanol–water partition coefficient (Wildman–Crippen LogP) is 4.66. The van der Waals surface area contributed by atoms with E-state index in [0.29, 0.717) is 11.6 Å². The quantitative estimate of drug-likeness (QED) is 0.599. The molecule has 0 radical (unpaired) electrons. The van der Waals surface area contributed by atoms with Gasteiger partial charge in [0.2, 0.25) is 11.8 Å². The van der Waals surface area contributed by atoms with Crippen LogP contribution in [0.1, 0.15) is 6.92 Å². The number of thioether (sulfide) groups is 1. The molecule has 2 aromatic carbocycles. The second-order valence-electron chi connectivity index (χ2n) is 5.48. The van der Waals surface area contributed by atoms with E-state index in [1.54, 1.807) is 38.3 Å². The fourth-order valence-electron chi connectivity index (χ4n) is 2.13. The van der Waals surface area contributed by atoms with Gasteiger partial charge in [-0.3, -0.25) is 4.79 Å². The lowest BCUT2D eigenvalue weighted by atomic mass is 10.2. The van der Waals surface area contributed by atoms with Crippen molar-refractivity contribution in [2.75, 3.05) is 12.4 Å². The molecule has 1 atom stereocenters. The van der Waals surface area contributed by atoms with Crippen LogP contribution in [0.2, 0.25) is 5.02 Å². The molecule has 0 bridgehead atoms.